The third-order valence-electron chi connectivity index (χ3n) is 5.56. The molecule has 0 spiro atoms. The second-order valence-electron chi connectivity index (χ2n) is 7.72. The molecule has 2 heterocycles. The molecule has 0 saturated carbocycles. The molecule has 2 N–H and O–H groups in total. The Kier molecular flexibility index (Phi) is 5.16. The van der Waals surface area contributed by atoms with Gasteiger partial charge in [-0.15, -0.1) is 0 Å². The highest BCUT2D eigenvalue weighted by Crippen LogP contribution is 2.46. The summed E-state index contributed by atoms with van der Waals surface area (Å²) in [5.41, 5.74) is 0.740. The van der Waals surface area contributed by atoms with Crippen LogP contribution in [0.2, 0.25) is 0 Å². The van der Waals surface area contributed by atoms with Gasteiger partial charge >= 0.3 is 12.6 Å². The fourth-order valence-electron chi connectivity index (χ4n) is 4.12. The fourth-order valence-corrected chi connectivity index (χ4v) is 4.12. The molecule has 0 radical (unpaired) electrons. The number of fused-ring (bicyclic) bond motifs is 3. The first kappa shape index (κ1) is 21.4. The summed E-state index contributed by atoms with van der Waals surface area (Å²) in [7, 11) is 0. The van der Waals surface area contributed by atoms with Crippen LogP contribution < -0.4 is 14.9 Å². The maximum absolute atomic E-state index is 12.9. The van der Waals surface area contributed by atoms with Crippen LogP contribution in [0.25, 0.3) is 22.3 Å². The number of carbonyl (C=O) groups excluding carboxylic acids is 1. The second kappa shape index (κ2) is 8.18. The molecule has 9 heteroatoms. The number of benzene rings is 3. The van der Waals surface area contributed by atoms with Crippen molar-refractivity contribution in [3.63, 3.8) is 0 Å². The number of rotatable bonds is 4. The van der Waals surface area contributed by atoms with E-state index in [2.05, 4.69) is 4.74 Å². The Morgan fingerprint density at radius 3 is 2.50 bits per heavy atom. The number of alkyl halides is 2. The number of aromatic hydroxyl groups is 2. The molecular formula is C25H16F2O7. The minimum Gasteiger partial charge on any atom is -0.508 e. The molecule has 0 saturated heterocycles. The molecule has 172 valence electrons. The summed E-state index contributed by atoms with van der Waals surface area (Å²) in [6.45, 7) is -3.03. The van der Waals surface area contributed by atoms with Crippen LogP contribution in [0.3, 0.4) is 0 Å². The number of phenols is 2. The van der Waals surface area contributed by atoms with E-state index in [9.17, 15) is 28.6 Å². The van der Waals surface area contributed by atoms with Crippen molar-refractivity contribution in [2.75, 3.05) is 0 Å². The number of hydrogen-bond acceptors (Lipinski definition) is 7. The van der Waals surface area contributed by atoms with Gasteiger partial charge in [-0.25, -0.2) is 0 Å². The monoisotopic (exact) mass is 466 g/mol. The van der Waals surface area contributed by atoms with Crippen molar-refractivity contribution in [3.05, 3.63) is 82.0 Å². The smallest absolute Gasteiger partial charge is 0.387 e. The van der Waals surface area contributed by atoms with E-state index in [1.54, 1.807) is 18.2 Å². The average Bonchev–Trinajstić information content (AvgIpc) is 2.78. The molecule has 0 amide bonds. The van der Waals surface area contributed by atoms with Gasteiger partial charge in [0.05, 0.1) is 6.42 Å². The van der Waals surface area contributed by atoms with Crippen molar-refractivity contribution in [2.45, 2.75) is 19.0 Å². The van der Waals surface area contributed by atoms with Gasteiger partial charge in [-0.3, -0.25) is 9.59 Å². The molecule has 1 unspecified atom stereocenters. The Morgan fingerprint density at radius 2 is 1.76 bits per heavy atom. The molecule has 5 rings (SSSR count). The third-order valence-corrected chi connectivity index (χ3v) is 5.56. The highest BCUT2D eigenvalue weighted by atomic mass is 19.3. The Balaban J connectivity index is 1.76. The number of halogens is 2. The summed E-state index contributed by atoms with van der Waals surface area (Å²) in [5.74, 6) is -1.66. The van der Waals surface area contributed by atoms with E-state index < -0.39 is 29.7 Å². The highest BCUT2D eigenvalue weighted by molar-refractivity contribution is 5.93. The lowest BCUT2D eigenvalue weighted by Gasteiger charge is -2.26. The summed E-state index contributed by atoms with van der Waals surface area (Å²) in [5, 5.41) is 20.0. The molecule has 7 nitrogen and oxygen atoms in total. The molecule has 0 bridgehead atoms. The van der Waals surface area contributed by atoms with Crippen LogP contribution >= 0.6 is 0 Å². The van der Waals surface area contributed by atoms with E-state index in [-0.39, 0.29) is 40.4 Å². The molecule has 34 heavy (non-hydrogen) atoms. The van der Waals surface area contributed by atoms with Crippen molar-refractivity contribution in [1.29, 1.82) is 0 Å². The van der Waals surface area contributed by atoms with Gasteiger partial charge in [-0.1, -0.05) is 12.1 Å². The average molecular weight is 466 g/mol. The Bertz CT molecular complexity index is 1480. The van der Waals surface area contributed by atoms with Gasteiger partial charge in [-0.2, -0.15) is 8.78 Å². The Hall–Kier alpha value is -4.40. The summed E-state index contributed by atoms with van der Waals surface area (Å²) in [4.78, 5) is 25.3. The first-order chi connectivity index (χ1) is 16.3. The topological polar surface area (TPSA) is 106 Å². The lowest BCUT2D eigenvalue weighted by Crippen LogP contribution is -2.22. The number of carbonyl (C=O) groups is 1. The normalized spacial score (nSPS) is 15.3. The zero-order chi connectivity index (χ0) is 24.0. The molecule has 4 aromatic rings. The van der Waals surface area contributed by atoms with Gasteiger partial charge in [0.15, 0.2) is 5.43 Å². The molecular weight excluding hydrogens is 450 g/mol. The molecule has 0 fully saturated rings. The maximum Gasteiger partial charge on any atom is 0.387 e. The minimum absolute atomic E-state index is 0.00237. The zero-order valence-electron chi connectivity index (χ0n) is 17.3. The van der Waals surface area contributed by atoms with Gasteiger partial charge in [0.1, 0.15) is 39.7 Å². The van der Waals surface area contributed by atoms with Crippen LogP contribution in [0.1, 0.15) is 23.5 Å². The molecule has 3 aromatic carbocycles. The third kappa shape index (κ3) is 3.81. The van der Waals surface area contributed by atoms with Crippen molar-refractivity contribution in [3.8, 4) is 34.3 Å². The predicted molar refractivity (Wildman–Crippen MR) is 116 cm³/mol. The van der Waals surface area contributed by atoms with Gasteiger partial charge in [0.2, 0.25) is 0 Å². The summed E-state index contributed by atoms with van der Waals surface area (Å²) >= 11 is 0. The fraction of sp³-hybridized carbons (Fsp3) is 0.120. The quantitative estimate of drug-likeness (QED) is 0.325. The van der Waals surface area contributed by atoms with Crippen molar-refractivity contribution < 1.29 is 37.7 Å². The number of phenolic OH excluding ortho intramolecular Hbond substituents is 2. The van der Waals surface area contributed by atoms with E-state index >= 15 is 0 Å². The molecule has 0 aliphatic carbocycles. The van der Waals surface area contributed by atoms with Crippen LogP contribution in [0.5, 0.6) is 23.0 Å². The minimum atomic E-state index is -3.03. The SMILES string of the molecule is O=C1CC(c2cccc(OC(F)F)c2)c2c(cc(O)c3c(=O)cc(-c4ccc(O)cc4)oc23)O1. The van der Waals surface area contributed by atoms with E-state index in [4.69, 9.17) is 9.15 Å². The van der Waals surface area contributed by atoms with Gasteiger partial charge < -0.3 is 24.1 Å². The first-order valence-electron chi connectivity index (χ1n) is 10.2. The lowest BCUT2D eigenvalue weighted by atomic mass is 9.85. The van der Waals surface area contributed by atoms with Crippen LogP contribution in [-0.4, -0.2) is 22.8 Å². The summed E-state index contributed by atoms with van der Waals surface area (Å²) < 4.78 is 41.3. The van der Waals surface area contributed by atoms with Crippen LogP contribution in [0, 0.1) is 0 Å². The first-order valence-corrected chi connectivity index (χ1v) is 10.2. The van der Waals surface area contributed by atoms with Crippen LogP contribution in [-0.2, 0) is 4.79 Å². The van der Waals surface area contributed by atoms with E-state index in [1.165, 1.54) is 42.5 Å². The number of esters is 1. The number of ether oxygens (including phenoxy) is 2. The largest absolute Gasteiger partial charge is 0.508 e. The second-order valence-corrected chi connectivity index (χ2v) is 7.72. The van der Waals surface area contributed by atoms with E-state index in [0.717, 1.165) is 0 Å². The van der Waals surface area contributed by atoms with Crippen molar-refractivity contribution in [1.82, 2.24) is 0 Å². The van der Waals surface area contributed by atoms with Crippen molar-refractivity contribution >= 4 is 16.9 Å². The molecule has 1 aromatic heterocycles. The van der Waals surface area contributed by atoms with Crippen molar-refractivity contribution in [2.24, 2.45) is 0 Å². The summed E-state index contributed by atoms with van der Waals surface area (Å²) in [6, 6.07) is 14.2. The zero-order valence-corrected chi connectivity index (χ0v) is 17.3. The number of hydrogen-bond donors (Lipinski definition) is 2. The standard InChI is InChI=1S/C25H16F2O7/c26-25(27)32-15-3-1-2-13(8-15)16-9-21(31)33-20-11-18(30)23-17(29)10-19(34-24(23)22(16)20)12-4-6-14(28)7-5-12/h1-8,10-11,16,25,28,30H,9H2. The molecule has 1 aliphatic rings. The van der Waals surface area contributed by atoms with Crippen LogP contribution in [0.4, 0.5) is 8.78 Å². The molecule has 1 atom stereocenters. The predicted octanol–water partition coefficient (Wildman–Crippen LogP) is 4.91. The van der Waals surface area contributed by atoms with Crippen LogP contribution in [0.15, 0.2) is 69.9 Å². The Morgan fingerprint density at radius 1 is 1.00 bits per heavy atom. The van der Waals surface area contributed by atoms with E-state index in [0.29, 0.717) is 16.7 Å². The van der Waals surface area contributed by atoms with Gasteiger partial charge in [-0.05, 0) is 42.0 Å². The summed E-state index contributed by atoms with van der Waals surface area (Å²) in [6.07, 6.45) is -0.155. The molecule has 1 aliphatic heterocycles. The highest BCUT2D eigenvalue weighted by Gasteiger charge is 2.34. The lowest BCUT2D eigenvalue weighted by molar-refractivity contribution is -0.135. The van der Waals surface area contributed by atoms with Gasteiger partial charge in [0, 0.05) is 29.2 Å². The van der Waals surface area contributed by atoms with Gasteiger partial charge in [0.25, 0.3) is 0 Å². The van der Waals surface area contributed by atoms with E-state index in [1.807, 2.05) is 0 Å². The maximum atomic E-state index is 12.9. The Labute approximate surface area is 190 Å².